The number of hydrogen-bond donors (Lipinski definition) is 0. The summed E-state index contributed by atoms with van der Waals surface area (Å²) in [5.74, 6) is 0.964. The third-order valence-electron chi connectivity index (χ3n) is 4.39. The molecule has 0 N–H and O–H groups in total. The van der Waals surface area contributed by atoms with Gasteiger partial charge >= 0.3 is 5.97 Å². The van der Waals surface area contributed by atoms with Gasteiger partial charge in [-0.05, 0) is 31.9 Å². The van der Waals surface area contributed by atoms with Crippen molar-refractivity contribution < 1.29 is 14.3 Å². The minimum atomic E-state index is -0.367. The lowest BCUT2D eigenvalue weighted by Gasteiger charge is -2.16. The fourth-order valence-corrected chi connectivity index (χ4v) is 3.09. The summed E-state index contributed by atoms with van der Waals surface area (Å²) in [6.07, 6.45) is 1.99. The van der Waals surface area contributed by atoms with Crippen LogP contribution < -0.4 is 0 Å². The van der Waals surface area contributed by atoms with Crippen molar-refractivity contribution >= 4 is 11.6 Å². The Bertz CT molecular complexity index is 682. The topological polar surface area (TPSA) is 65.7 Å². The maximum absolute atomic E-state index is 11.7. The van der Waals surface area contributed by atoms with Crippen LogP contribution in [0.4, 0.5) is 0 Å². The SMILES string of the molecule is COC(=O)c1ccc2nnc(C3C(C)OC(C)C3C)n2c1. The molecule has 4 atom stereocenters. The van der Waals surface area contributed by atoms with E-state index in [0.717, 1.165) is 11.5 Å². The lowest BCUT2D eigenvalue weighted by atomic mass is 9.89. The van der Waals surface area contributed by atoms with E-state index in [4.69, 9.17) is 9.47 Å². The number of fused-ring (bicyclic) bond motifs is 1. The van der Waals surface area contributed by atoms with Gasteiger partial charge in [-0.2, -0.15) is 0 Å². The number of esters is 1. The first-order valence-corrected chi connectivity index (χ1v) is 7.11. The van der Waals surface area contributed by atoms with Gasteiger partial charge in [0.05, 0.1) is 30.8 Å². The van der Waals surface area contributed by atoms with Gasteiger partial charge in [-0.3, -0.25) is 4.40 Å². The molecule has 1 aliphatic rings. The zero-order valence-corrected chi connectivity index (χ0v) is 12.6. The number of aromatic nitrogens is 3. The second-order valence-electron chi connectivity index (χ2n) is 5.63. The second kappa shape index (κ2) is 5.11. The molecule has 0 saturated carbocycles. The molecule has 6 heteroatoms. The van der Waals surface area contributed by atoms with Gasteiger partial charge in [0.1, 0.15) is 5.82 Å². The maximum atomic E-state index is 11.7. The highest BCUT2D eigenvalue weighted by Gasteiger charge is 2.40. The van der Waals surface area contributed by atoms with E-state index in [1.165, 1.54) is 7.11 Å². The first kappa shape index (κ1) is 14.0. The number of hydrogen-bond acceptors (Lipinski definition) is 5. The molecular weight excluding hydrogens is 270 g/mol. The molecular formula is C15H19N3O3. The Morgan fingerprint density at radius 3 is 2.62 bits per heavy atom. The highest BCUT2D eigenvalue weighted by atomic mass is 16.5. The first-order chi connectivity index (χ1) is 10.0. The zero-order chi connectivity index (χ0) is 15.1. The van der Waals surface area contributed by atoms with Crippen LogP contribution in [0.2, 0.25) is 0 Å². The number of carbonyl (C=O) groups excluding carboxylic acids is 1. The van der Waals surface area contributed by atoms with E-state index in [1.807, 2.05) is 4.40 Å². The standard InChI is InChI=1S/C15H19N3O3/c1-8-9(2)21-10(3)13(8)14-17-16-12-6-5-11(7-18(12)14)15(19)20-4/h5-10,13H,1-4H3. The van der Waals surface area contributed by atoms with Crippen molar-refractivity contribution in [2.45, 2.75) is 38.9 Å². The van der Waals surface area contributed by atoms with Crippen LogP contribution in [0.1, 0.15) is 42.9 Å². The van der Waals surface area contributed by atoms with Crippen molar-refractivity contribution in [3.05, 3.63) is 29.7 Å². The lowest BCUT2D eigenvalue weighted by molar-refractivity contribution is 0.0553. The number of methoxy groups -OCH3 is 1. The Morgan fingerprint density at radius 2 is 2.00 bits per heavy atom. The van der Waals surface area contributed by atoms with E-state index in [1.54, 1.807) is 18.3 Å². The normalized spacial score (nSPS) is 29.0. The van der Waals surface area contributed by atoms with Crippen LogP contribution in [-0.2, 0) is 9.47 Å². The number of ether oxygens (including phenoxy) is 2. The number of nitrogens with zero attached hydrogens (tertiary/aromatic N) is 3. The highest BCUT2D eigenvalue weighted by molar-refractivity contribution is 5.89. The van der Waals surface area contributed by atoms with Crippen molar-refractivity contribution in [2.24, 2.45) is 5.92 Å². The average molecular weight is 289 g/mol. The summed E-state index contributed by atoms with van der Waals surface area (Å²) >= 11 is 0. The largest absolute Gasteiger partial charge is 0.465 e. The van der Waals surface area contributed by atoms with Crippen molar-refractivity contribution in [3.8, 4) is 0 Å². The molecule has 0 radical (unpaired) electrons. The number of rotatable bonds is 2. The summed E-state index contributed by atoms with van der Waals surface area (Å²) in [7, 11) is 1.37. The van der Waals surface area contributed by atoms with Crippen molar-refractivity contribution in [2.75, 3.05) is 7.11 Å². The maximum Gasteiger partial charge on any atom is 0.339 e. The molecule has 4 unspecified atom stereocenters. The smallest absolute Gasteiger partial charge is 0.339 e. The molecule has 0 bridgehead atoms. The summed E-state index contributed by atoms with van der Waals surface area (Å²) in [5, 5.41) is 8.51. The van der Waals surface area contributed by atoms with Crippen molar-refractivity contribution in [3.63, 3.8) is 0 Å². The van der Waals surface area contributed by atoms with E-state index in [0.29, 0.717) is 11.5 Å². The van der Waals surface area contributed by atoms with Gasteiger partial charge in [0.15, 0.2) is 5.65 Å². The van der Waals surface area contributed by atoms with Gasteiger partial charge in [0.25, 0.3) is 0 Å². The zero-order valence-electron chi connectivity index (χ0n) is 12.6. The number of carbonyl (C=O) groups is 1. The van der Waals surface area contributed by atoms with Gasteiger partial charge in [0, 0.05) is 6.20 Å². The Kier molecular flexibility index (Phi) is 3.41. The summed E-state index contributed by atoms with van der Waals surface area (Å²) in [6, 6.07) is 3.47. The molecule has 1 saturated heterocycles. The Balaban J connectivity index is 2.09. The van der Waals surface area contributed by atoms with E-state index >= 15 is 0 Å². The molecule has 0 amide bonds. The number of pyridine rings is 1. The van der Waals surface area contributed by atoms with Gasteiger partial charge in [-0.25, -0.2) is 4.79 Å². The van der Waals surface area contributed by atoms with E-state index < -0.39 is 0 Å². The monoisotopic (exact) mass is 289 g/mol. The molecule has 0 aromatic carbocycles. The van der Waals surface area contributed by atoms with Gasteiger partial charge in [0.2, 0.25) is 0 Å². The molecule has 21 heavy (non-hydrogen) atoms. The molecule has 3 rings (SSSR count). The summed E-state index contributed by atoms with van der Waals surface area (Å²) in [5.41, 5.74) is 1.20. The van der Waals surface area contributed by atoms with Crippen LogP contribution in [0.25, 0.3) is 5.65 Å². The molecule has 0 aliphatic carbocycles. The van der Waals surface area contributed by atoms with Crippen molar-refractivity contribution in [1.82, 2.24) is 14.6 Å². The van der Waals surface area contributed by atoms with Gasteiger partial charge in [-0.15, -0.1) is 10.2 Å². The molecule has 6 nitrogen and oxygen atoms in total. The third-order valence-corrected chi connectivity index (χ3v) is 4.39. The first-order valence-electron chi connectivity index (χ1n) is 7.11. The molecule has 0 spiro atoms. The third kappa shape index (κ3) is 2.19. The van der Waals surface area contributed by atoms with E-state index in [-0.39, 0.29) is 24.1 Å². The fraction of sp³-hybridized carbons (Fsp3) is 0.533. The predicted octanol–water partition coefficient (Wildman–Crippen LogP) is 2.04. The molecule has 2 aromatic heterocycles. The van der Waals surface area contributed by atoms with Crippen molar-refractivity contribution in [1.29, 1.82) is 0 Å². The highest BCUT2D eigenvalue weighted by Crippen LogP contribution is 2.39. The molecule has 1 fully saturated rings. The quantitative estimate of drug-likeness (QED) is 0.792. The molecule has 112 valence electrons. The second-order valence-corrected chi connectivity index (χ2v) is 5.63. The minimum Gasteiger partial charge on any atom is -0.465 e. The Morgan fingerprint density at radius 1 is 1.24 bits per heavy atom. The van der Waals surface area contributed by atoms with Gasteiger partial charge < -0.3 is 9.47 Å². The fourth-order valence-electron chi connectivity index (χ4n) is 3.09. The van der Waals surface area contributed by atoms with Crippen LogP contribution in [0, 0.1) is 5.92 Å². The van der Waals surface area contributed by atoms with Crippen LogP contribution in [0.3, 0.4) is 0 Å². The summed E-state index contributed by atoms with van der Waals surface area (Å²) in [4.78, 5) is 11.7. The predicted molar refractivity (Wildman–Crippen MR) is 76.2 cm³/mol. The van der Waals surface area contributed by atoms with Crippen LogP contribution in [-0.4, -0.2) is 39.9 Å². The average Bonchev–Trinajstić information content (AvgIpc) is 2.99. The Hall–Kier alpha value is -1.95. The lowest BCUT2D eigenvalue weighted by Crippen LogP contribution is -2.18. The Labute approximate surface area is 123 Å². The summed E-state index contributed by atoms with van der Waals surface area (Å²) < 4.78 is 12.5. The van der Waals surface area contributed by atoms with Crippen LogP contribution in [0.15, 0.2) is 18.3 Å². The minimum absolute atomic E-state index is 0.0733. The molecule has 1 aliphatic heterocycles. The van der Waals surface area contributed by atoms with Crippen LogP contribution in [0.5, 0.6) is 0 Å². The summed E-state index contributed by atoms with van der Waals surface area (Å²) in [6.45, 7) is 6.28. The van der Waals surface area contributed by atoms with Gasteiger partial charge in [-0.1, -0.05) is 6.92 Å². The molecule has 2 aromatic rings. The van der Waals surface area contributed by atoms with E-state index in [9.17, 15) is 4.79 Å². The molecule has 3 heterocycles. The van der Waals surface area contributed by atoms with E-state index in [2.05, 4.69) is 31.0 Å². The van der Waals surface area contributed by atoms with Crippen LogP contribution >= 0.6 is 0 Å².